The molecule has 0 aliphatic heterocycles. The van der Waals surface area contributed by atoms with E-state index in [1.54, 1.807) is 43.3 Å². The highest BCUT2D eigenvalue weighted by Gasteiger charge is 2.33. The number of rotatable bonds is 11. The number of methoxy groups -OCH3 is 1. The number of amides is 2. The van der Waals surface area contributed by atoms with E-state index in [-0.39, 0.29) is 23.4 Å². The lowest BCUT2D eigenvalue weighted by molar-refractivity contribution is -0.139. The predicted molar refractivity (Wildman–Crippen MR) is 163 cm³/mol. The number of sulfonamides is 1. The molecule has 10 heteroatoms. The molecule has 1 fully saturated rings. The summed E-state index contributed by atoms with van der Waals surface area (Å²) in [6.07, 6.45) is 3.96. The number of ether oxygens (including phenoxy) is 1. The van der Waals surface area contributed by atoms with Crippen molar-refractivity contribution in [3.63, 3.8) is 0 Å². The zero-order chi connectivity index (χ0) is 29.6. The Bertz CT molecular complexity index is 1460. The molecule has 3 aromatic carbocycles. The second kappa shape index (κ2) is 13.5. The number of aryl methyl sites for hydroxylation is 1. The summed E-state index contributed by atoms with van der Waals surface area (Å²) < 4.78 is 35.0. The van der Waals surface area contributed by atoms with E-state index in [1.165, 1.54) is 24.1 Å². The molecule has 1 aliphatic carbocycles. The predicted octanol–water partition coefficient (Wildman–Crippen LogP) is 5.44. The quantitative estimate of drug-likeness (QED) is 0.301. The van der Waals surface area contributed by atoms with Crippen LogP contribution in [0, 0.1) is 6.92 Å². The van der Waals surface area contributed by atoms with Crippen molar-refractivity contribution < 1.29 is 22.7 Å². The van der Waals surface area contributed by atoms with Crippen molar-refractivity contribution in [3.8, 4) is 5.75 Å². The first-order valence-corrected chi connectivity index (χ1v) is 15.9. The van der Waals surface area contributed by atoms with Crippen molar-refractivity contribution in [2.45, 2.75) is 63.1 Å². The Morgan fingerprint density at radius 2 is 1.68 bits per heavy atom. The van der Waals surface area contributed by atoms with Crippen molar-refractivity contribution in [1.29, 1.82) is 0 Å². The Kier molecular flexibility index (Phi) is 10.1. The fourth-order valence-corrected chi connectivity index (χ4v) is 6.78. The van der Waals surface area contributed by atoms with Gasteiger partial charge < -0.3 is 15.0 Å². The van der Waals surface area contributed by atoms with Gasteiger partial charge in [-0.1, -0.05) is 58.6 Å². The molecule has 218 valence electrons. The smallest absolute Gasteiger partial charge is 0.264 e. The summed E-state index contributed by atoms with van der Waals surface area (Å²) in [7, 11) is -2.64. The molecule has 8 nitrogen and oxygen atoms in total. The van der Waals surface area contributed by atoms with Crippen LogP contribution in [0.5, 0.6) is 5.75 Å². The van der Waals surface area contributed by atoms with Gasteiger partial charge in [-0.15, -0.1) is 0 Å². The molecule has 3 aromatic rings. The minimum atomic E-state index is -4.14. The maximum atomic E-state index is 14.1. The van der Waals surface area contributed by atoms with Crippen LogP contribution in [0.1, 0.15) is 43.7 Å². The van der Waals surface area contributed by atoms with Gasteiger partial charge in [0.05, 0.1) is 17.7 Å². The second-order valence-electron chi connectivity index (χ2n) is 10.3. The molecule has 1 saturated carbocycles. The lowest BCUT2D eigenvalue weighted by Crippen LogP contribution is -2.52. The number of nitrogens with one attached hydrogen (secondary N) is 1. The SMILES string of the molecule is COc1ccc(S(=O)(=O)N(CC(=O)N(Cc2cccc(Br)c2)C(C)C(=O)NC2CCCC2)c2ccc(C)cc2)cc1. The fraction of sp³-hybridized carbons (Fsp3) is 0.355. The van der Waals surface area contributed by atoms with Crippen LogP contribution in [0.3, 0.4) is 0 Å². The Morgan fingerprint density at radius 3 is 2.29 bits per heavy atom. The third-order valence-corrected chi connectivity index (χ3v) is 9.64. The summed E-state index contributed by atoms with van der Waals surface area (Å²) in [5, 5.41) is 3.08. The van der Waals surface area contributed by atoms with E-state index in [4.69, 9.17) is 4.74 Å². The number of anilines is 1. The van der Waals surface area contributed by atoms with Crippen molar-refractivity contribution in [1.82, 2.24) is 10.2 Å². The Hall–Kier alpha value is -3.37. The van der Waals surface area contributed by atoms with Crippen molar-refractivity contribution in [2.75, 3.05) is 18.0 Å². The third kappa shape index (κ3) is 7.68. The molecule has 0 bridgehead atoms. The molecule has 1 N–H and O–H groups in total. The molecule has 0 aromatic heterocycles. The number of nitrogens with zero attached hydrogens (tertiary/aromatic N) is 2. The topological polar surface area (TPSA) is 96.0 Å². The van der Waals surface area contributed by atoms with Crippen LogP contribution in [0.25, 0.3) is 0 Å². The van der Waals surface area contributed by atoms with Gasteiger partial charge in [0.25, 0.3) is 10.0 Å². The summed E-state index contributed by atoms with van der Waals surface area (Å²) in [4.78, 5) is 28.8. The molecule has 0 saturated heterocycles. The highest BCUT2D eigenvalue weighted by atomic mass is 79.9. The van der Waals surface area contributed by atoms with E-state index in [0.29, 0.717) is 11.4 Å². The molecule has 0 heterocycles. The van der Waals surface area contributed by atoms with E-state index < -0.39 is 28.5 Å². The van der Waals surface area contributed by atoms with Gasteiger partial charge in [-0.3, -0.25) is 13.9 Å². The first-order chi connectivity index (χ1) is 19.6. The van der Waals surface area contributed by atoms with Gasteiger partial charge in [-0.2, -0.15) is 0 Å². The fourth-order valence-electron chi connectivity index (χ4n) is 4.92. The number of carbonyl (C=O) groups is 2. The molecule has 1 atom stereocenters. The van der Waals surface area contributed by atoms with Gasteiger partial charge in [0.15, 0.2) is 0 Å². The first-order valence-electron chi connectivity index (χ1n) is 13.7. The van der Waals surface area contributed by atoms with Gasteiger partial charge in [0.1, 0.15) is 18.3 Å². The average molecular weight is 643 g/mol. The zero-order valence-electron chi connectivity index (χ0n) is 23.5. The number of benzene rings is 3. The average Bonchev–Trinajstić information content (AvgIpc) is 3.48. The summed E-state index contributed by atoms with van der Waals surface area (Å²) in [5.74, 6) is -0.221. The van der Waals surface area contributed by atoms with Gasteiger partial charge in [-0.05, 0) is 80.8 Å². The normalized spacial score (nSPS) is 14.3. The Labute approximate surface area is 250 Å². The van der Waals surface area contributed by atoms with Crippen LogP contribution >= 0.6 is 15.9 Å². The number of carbonyl (C=O) groups excluding carboxylic acids is 2. The van der Waals surface area contributed by atoms with Gasteiger partial charge in [0.2, 0.25) is 11.8 Å². The summed E-state index contributed by atoms with van der Waals surface area (Å²) in [6.45, 7) is 3.25. The maximum absolute atomic E-state index is 14.1. The Balaban J connectivity index is 1.68. The van der Waals surface area contributed by atoms with Crippen LogP contribution < -0.4 is 14.4 Å². The van der Waals surface area contributed by atoms with Crippen LogP contribution in [0.15, 0.2) is 82.2 Å². The standard InChI is InChI=1S/C31H36BrN3O5S/c1-22-11-13-27(14-12-22)35(41(38,39)29-17-15-28(40-3)16-18-29)21-30(36)34(20-24-7-6-8-25(32)19-24)23(2)31(37)33-26-9-4-5-10-26/h6-8,11-19,23,26H,4-5,9-10,20-21H2,1-3H3,(H,33,37). The number of hydrogen-bond donors (Lipinski definition) is 1. The molecule has 1 aliphatic rings. The highest BCUT2D eigenvalue weighted by Crippen LogP contribution is 2.27. The second-order valence-corrected chi connectivity index (χ2v) is 13.1. The molecule has 41 heavy (non-hydrogen) atoms. The van der Waals surface area contributed by atoms with Crippen molar-refractivity contribution in [3.05, 3.63) is 88.4 Å². The van der Waals surface area contributed by atoms with Crippen molar-refractivity contribution in [2.24, 2.45) is 0 Å². The van der Waals surface area contributed by atoms with Crippen LogP contribution in [0.2, 0.25) is 0 Å². The Morgan fingerprint density at radius 1 is 1.02 bits per heavy atom. The summed E-state index contributed by atoms with van der Waals surface area (Å²) in [5.41, 5.74) is 2.12. The molecule has 0 radical (unpaired) electrons. The molecule has 1 unspecified atom stereocenters. The van der Waals surface area contributed by atoms with E-state index >= 15 is 0 Å². The van der Waals surface area contributed by atoms with E-state index in [2.05, 4.69) is 21.2 Å². The molecule has 2 amide bonds. The molecular weight excluding hydrogens is 606 g/mol. The molecule has 0 spiro atoms. The lowest BCUT2D eigenvalue weighted by atomic mass is 10.1. The summed E-state index contributed by atoms with van der Waals surface area (Å²) in [6, 6.07) is 19.8. The highest BCUT2D eigenvalue weighted by molar-refractivity contribution is 9.10. The van der Waals surface area contributed by atoms with Crippen LogP contribution in [0.4, 0.5) is 5.69 Å². The largest absolute Gasteiger partial charge is 0.497 e. The number of hydrogen-bond acceptors (Lipinski definition) is 5. The van der Waals surface area contributed by atoms with Gasteiger partial charge in [-0.25, -0.2) is 8.42 Å². The number of halogens is 1. The zero-order valence-corrected chi connectivity index (χ0v) is 25.9. The van der Waals surface area contributed by atoms with Gasteiger partial charge >= 0.3 is 0 Å². The van der Waals surface area contributed by atoms with Gasteiger partial charge in [0, 0.05) is 17.1 Å². The van der Waals surface area contributed by atoms with E-state index in [1.807, 2.05) is 31.2 Å². The maximum Gasteiger partial charge on any atom is 0.264 e. The molecular formula is C31H36BrN3O5S. The third-order valence-electron chi connectivity index (χ3n) is 7.36. The lowest BCUT2D eigenvalue weighted by Gasteiger charge is -2.32. The summed E-state index contributed by atoms with van der Waals surface area (Å²) >= 11 is 3.47. The van der Waals surface area contributed by atoms with E-state index in [0.717, 1.165) is 45.6 Å². The van der Waals surface area contributed by atoms with Crippen LogP contribution in [-0.4, -0.2) is 50.9 Å². The van der Waals surface area contributed by atoms with E-state index in [9.17, 15) is 18.0 Å². The van der Waals surface area contributed by atoms with Crippen LogP contribution in [-0.2, 0) is 26.2 Å². The monoisotopic (exact) mass is 641 g/mol. The first kappa shape index (κ1) is 30.6. The minimum Gasteiger partial charge on any atom is -0.497 e. The minimum absolute atomic E-state index is 0.0252. The van der Waals surface area contributed by atoms with Crippen molar-refractivity contribution >= 4 is 43.5 Å². The molecule has 4 rings (SSSR count).